The lowest BCUT2D eigenvalue weighted by molar-refractivity contribution is -0.142. The first kappa shape index (κ1) is 37.7. The lowest BCUT2D eigenvalue weighted by atomic mass is 10.1. The van der Waals surface area contributed by atoms with Crippen molar-refractivity contribution in [2.24, 2.45) is 0 Å². The summed E-state index contributed by atoms with van der Waals surface area (Å²) in [6.07, 6.45) is 14.0. The highest BCUT2D eigenvalue weighted by molar-refractivity contribution is 5.92. The van der Waals surface area contributed by atoms with Gasteiger partial charge in [-0.15, -0.1) is 0 Å². The van der Waals surface area contributed by atoms with Crippen LogP contribution in [0.25, 0.3) is 0 Å². The van der Waals surface area contributed by atoms with Crippen LogP contribution in [0.4, 0.5) is 0 Å². The SMILES string of the molecule is O=C(OCc1ccc2c(c1)OCCOCCOCCOc1cc(COC(=O)[C]3[CH][CH][CH][CH]3)ccc1OCCOCCOCCO2)[C]1[CH][CH][CH][CH]1. The number of rotatable bonds is 6. The van der Waals surface area contributed by atoms with Crippen LogP contribution in [-0.2, 0) is 51.2 Å². The van der Waals surface area contributed by atoms with Crippen molar-refractivity contribution in [2.75, 3.05) is 79.3 Å². The summed E-state index contributed by atoms with van der Waals surface area (Å²) in [6, 6.07) is 10.8. The molecule has 12 heteroatoms. The van der Waals surface area contributed by atoms with Crippen LogP contribution in [0, 0.1) is 63.2 Å². The molecule has 3 aliphatic rings. The molecule has 2 aliphatic carbocycles. The van der Waals surface area contributed by atoms with Crippen LogP contribution in [0.5, 0.6) is 23.0 Å². The summed E-state index contributed by atoms with van der Waals surface area (Å²) in [7, 11) is 0. The first-order chi connectivity index (χ1) is 24.7. The van der Waals surface area contributed by atoms with Crippen molar-refractivity contribution in [3.05, 3.63) is 111 Å². The average Bonchev–Trinajstić information content (AvgIpc) is 3.88. The molecule has 0 amide bonds. The lowest BCUT2D eigenvalue weighted by Crippen LogP contribution is -2.16. The maximum atomic E-state index is 12.3. The zero-order valence-corrected chi connectivity index (χ0v) is 27.9. The normalized spacial score (nSPS) is 19.7. The van der Waals surface area contributed by atoms with Gasteiger partial charge in [0.2, 0.25) is 0 Å². The number of carbonyl (C=O) groups excluding carboxylic acids is 2. The predicted molar refractivity (Wildman–Crippen MR) is 179 cm³/mol. The number of benzene rings is 2. The molecule has 2 aromatic rings. The van der Waals surface area contributed by atoms with E-state index in [0.29, 0.717) is 101 Å². The molecule has 5 rings (SSSR count). The summed E-state index contributed by atoms with van der Waals surface area (Å²) >= 11 is 0. The van der Waals surface area contributed by atoms with Gasteiger partial charge >= 0.3 is 11.9 Å². The molecule has 2 aromatic carbocycles. The second kappa shape index (κ2) is 21.6. The number of esters is 2. The van der Waals surface area contributed by atoms with E-state index in [0.717, 1.165) is 11.1 Å². The number of hydrogen-bond donors (Lipinski definition) is 0. The van der Waals surface area contributed by atoms with Crippen molar-refractivity contribution < 1.29 is 57.0 Å². The fourth-order valence-electron chi connectivity index (χ4n) is 4.72. The Hall–Kier alpha value is -3.58. The highest BCUT2D eigenvalue weighted by Crippen LogP contribution is 2.31. The molecule has 50 heavy (non-hydrogen) atoms. The van der Waals surface area contributed by atoms with Gasteiger partial charge in [0.05, 0.1) is 64.7 Å². The summed E-state index contributed by atoms with van der Waals surface area (Å²) in [5, 5.41) is 0. The van der Waals surface area contributed by atoms with Gasteiger partial charge in [0.1, 0.15) is 39.6 Å². The maximum absolute atomic E-state index is 12.3. The van der Waals surface area contributed by atoms with E-state index >= 15 is 0 Å². The zero-order chi connectivity index (χ0) is 34.6. The van der Waals surface area contributed by atoms with Crippen LogP contribution in [0.3, 0.4) is 0 Å². The van der Waals surface area contributed by atoms with E-state index in [9.17, 15) is 9.59 Å². The van der Waals surface area contributed by atoms with Crippen LogP contribution in [0.15, 0.2) is 36.4 Å². The van der Waals surface area contributed by atoms with Crippen molar-refractivity contribution in [2.45, 2.75) is 13.2 Å². The summed E-state index contributed by atoms with van der Waals surface area (Å²) in [4.78, 5) is 24.5. The highest BCUT2D eigenvalue weighted by Gasteiger charge is 2.27. The van der Waals surface area contributed by atoms with Gasteiger partial charge in [-0.1, -0.05) is 12.1 Å². The minimum atomic E-state index is -0.394. The Morgan fingerprint density at radius 2 is 0.760 bits per heavy atom. The van der Waals surface area contributed by atoms with Crippen LogP contribution in [0.2, 0.25) is 0 Å². The average molecular weight is 691 g/mol. The predicted octanol–water partition coefficient (Wildman–Crippen LogP) is 3.88. The fourth-order valence-corrected chi connectivity index (χ4v) is 4.72. The Balaban J connectivity index is 1.09. The summed E-state index contributed by atoms with van der Waals surface area (Å²) < 4.78 is 57.4. The van der Waals surface area contributed by atoms with Gasteiger partial charge in [-0.2, -0.15) is 0 Å². The van der Waals surface area contributed by atoms with Gasteiger partial charge < -0.3 is 47.4 Å². The van der Waals surface area contributed by atoms with E-state index in [2.05, 4.69) is 0 Å². The van der Waals surface area contributed by atoms with E-state index in [1.54, 1.807) is 75.6 Å². The van der Waals surface area contributed by atoms with Crippen molar-refractivity contribution >= 4 is 11.9 Å². The maximum Gasteiger partial charge on any atom is 0.314 e. The van der Waals surface area contributed by atoms with Gasteiger partial charge in [-0.3, -0.25) is 9.59 Å². The molecule has 2 saturated carbocycles. The van der Waals surface area contributed by atoms with Crippen LogP contribution >= 0.6 is 0 Å². The molecule has 0 saturated heterocycles. The molecule has 0 N–H and O–H groups in total. The smallest absolute Gasteiger partial charge is 0.314 e. The van der Waals surface area contributed by atoms with Crippen molar-refractivity contribution in [3.63, 3.8) is 0 Å². The molecule has 1 heterocycles. The van der Waals surface area contributed by atoms with Gasteiger partial charge in [0, 0.05) is 0 Å². The van der Waals surface area contributed by atoms with E-state index in [4.69, 9.17) is 47.4 Å². The number of fused-ring (bicyclic) bond motifs is 2. The molecular weight excluding hydrogens is 648 g/mol. The third kappa shape index (κ3) is 12.9. The minimum Gasteiger partial charge on any atom is -0.487 e. The molecule has 1 aliphatic heterocycles. The third-order valence-electron chi connectivity index (χ3n) is 7.24. The Morgan fingerprint density at radius 1 is 0.440 bits per heavy atom. The van der Waals surface area contributed by atoms with Gasteiger partial charge in [-0.05, 0) is 86.8 Å². The molecule has 266 valence electrons. The standard InChI is InChI=1S/C38H42O12/c39-37(31-5-1-2-6-31)49-27-29-9-11-33-35(25-29)47-23-19-43-15-16-44-20-24-48-36-26-30(28-50-38(40)32-7-3-4-8-32)10-12-34(36)46-22-18-42-14-13-41-17-21-45-33/h1-12,25-26H,13-24,27-28H2. The van der Waals surface area contributed by atoms with E-state index < -0.39 is 11.9 Å². The summed E-state index contributed by atoms with van der Waals surface area (Å²) in [5.41, 5.74) is 1.51. The summed E-state index contributed by atoms with van der Waals surface area (Å²) in [5.74, 6) is 2.30. The van der Waals surface area contributed by atoms with Crippen LogP contribution < -0.4 is 18.9 Å². The van der Waals surface area contributed by atoms with Crippen molar-refractivity contribution in [3.8, 4) is 23.0 Å². The van der Waals surface area contributed by atoms with Crippen molar-refractivity contribution in [1.29, 1.82) is 0 Å². The Bertz CT molecular complexity index is 1210. The molecular formula is C38H42O12. The Morgan fingerprint density at radius 3 is 1.12 bits per heavy atom. The minimum absolute atomic E-state index is 0.0875. The molecule has 0 unspecified atom stereocenters. The third-order valence-corrected chi connectivity index (χ3v) is 7.24. The second-order valence-electron chi connectivity index (χ2n) is 10.9. The first-order valence-corrected chi connectivity index (χ1v) is 16.5. The van der Waals surface area contributed by atoms with Crippen molar-refractivity contribution in [1.82, 2.24) is 0 Å². The largest absolute Gasteiger partial charge is 0.487 e. The first-order valence-electron chi connectivity index (χ1n) is 16.5. The van der Waals surface area contributed by atoms with Crippen LogP contribution in [0.1, 0.15) is 11.1 Å². The van der Waals surface area contributed by atoms with E-state index in [1.165, 1.54) is 0 Å². The molecule has 0 bridgehead atoms. The number of hydrogen-bond acceptors (Lipinski definition) is 12. The Kier molecular flexibility index (Phi) is 16.3. The Labute approximate surface area is 294 Å². The van der Waals surface area contributed by atoms with E-state index in [1.807, 2.05) is 12.1 Å². The molecule has 10 radical (unpaired) electrons. The zero-order valence-electron chi connectivity index (χ0n) is 27.9. The fraction of sp³-hybridized carbons (Fsp3) is 0.368. The topological polar surface area (TPSA) is 126 Å². The van der Waals surface area contributed by atoms with E-state index in [-0.39, 0.29) is 26.4 Å². The highest BCUT2D eigenvalue weighted by atomic mass is 16.6. The van der Waals surface area contributed by atoms with Crippen LogP contribution in [-0.4, -0.2) is 91.2 Å². The van der Waals surface area contributed by atoms with Gasteiger partial charge in [0.25, 0.3) is 0 Å². The molecule has 2 fully saturated rings. The lowest BCUT2D eigenvalue weighted by Gasteiger charge is -2.16. The molecule has 0 aromatic heterocycles. The molecule has 0 spiro atoms. The summed E-state index contributed by atoms with van der Waals surface area (Å²) in [6.45, 7) is 4.12. The molecule has 0 atom stereocenters. The quantitative estimate of drug-likeness (QED) is 0.409. The monoisotopic (exact) mass is 690 g/mol. The second-order valence-corrected chi connectivity index (χ2v) is 10.9. The number of carbonyl (C=O) groups is 2. The van der Waals surface area contributed by atoms with Gasteiger partial charge in [-0.25, -0.2) is 0 Å². The molecule has 12 nitrogen and oxygen atoms in total. The number of ether oxygens (including phenoxy) is 10. The van der Waals surface area contributed by atoms with Gasteiger partial charge in [0.15, 0.2) is 23.0 Å².